The van der Waals surface area contributed by atoms with Crippen LogP contribution in [0.15, 0.2) is 65.4 Å². The van der Waals surface area contributed by atoms with Gasteiger partial charge in [0, 0.05) is 34.6 Å². The van der Waals surface area contributed by atoms with Gasteiger partial charge in [0.1, 0.15) is 13.7 Å². The largest absolute Gasteiger partial charge is 0.398 e. The molecule has 1 amide bonds. The van der Waals surface area contributed by atoms with E-state index in [2.05, 4.69) is 22.2 Å². The van der Waals surface area contributed by atoms with Gasteiger partial charge in [-0.2, -0.15) is 0 Å². The molecule has 0 fully saturated rings. The maximum atomic E-state index is 12.1. The molecule has 2 rings (SSSR count). The first kappa shape index (κ1) is 22.5. The van der Waals surface area contributed by atoms with Crippen LogP contribution in [0.3, 0.4) is 0 Å². The van der Waals surface area contributed by atoms with Gasteiger partial charge in [-0.3, -0.25) is 4.79 Å². The van der Waals surface area contributed by atoms with Gasteiger partial charge in [-0.05, 0) is 23.8 Å². The second-order valence-electron chi connectivity index (χ2n) is 5.80. The van der Waals surface area contributed by atoms with E-state index in [0.717, 1.165) is 11.1 Å². The minimum atomic E-state index is -0.372. The second kappa shape index (κ2) is 11.2. The summed E-state index contributed by atoms with van der Waals surface area (Å²) in [4.78, 5) is 22.4. The summed E-state index contributed by atoms with van der Waals surface area (Å²) in [5.41, 5.74) is 2.75. The van der Waals surface area contributed by atoms with E-state index in [9.17, 15) is 4.79 Å². The number of hydrogen-bond donors (Lipinski definition) is 1. The molecule has 0 spiro atoms. The van der Waals surface area contributed by atoms with Gasteiger partial charge in [-0.25, -0.2) is 0 Å². The summed E-state index contributed by atoms with van der Waals surface area (Å²) >= 11 is 12.4. The van der Waals surface area contributed by atoms with Crippen molar-refractivity contribution in [1.29, 1.82) is 0 Å². The average molecular weight is 434 g/mol. The monoisotopic (exact) mass is 433 g/mol. The molecule has 0 aromatic heterocycles. The molecule has 0 atom stereocenters. The Balaban J connectivity index is 2.20. The standard InChI is InChI=1S/C21H21Cl2N3O3/c1-4-15(12-17-18(22)10-7-11-19(17)23)25-29-13-14-8-5-6-9-16(14)20(26-28-3)21(27)24-2/h4-11H,1,12-13H2,2-3H3,(H,24,27)/b25-15-,26-20+. The highest BCUT2D eigenvalue weighted by Crippen LogP contribution is 2.25. The van der Waals surface area contributed by atoms with Crippen molar-refractivity contribution >= 4 is 40.5 Å². The van der Waals surface area contributed by atoms with Gasteiger partial charge in [0.05, 0.1) is 5.71 Å². The van der Waals surface area contributed by atoms with Crippen LogP contribution in [0.5, 0.6) is 0 Å². The lowest BCUT2D eigenvalue weighted by Crippen LogP contribution is -2.29. The Bertz CT molecular complexity index is 922. The highest BCUT2D eigenvalue weighted by Gasteiger charge is 2.17. The number of oxime groups is 2. The molecule has 0 heterocycles. The molecule has 29 heavy (non-hydrogen) atoms. The molecule has 152 valence electrons. The van der Waals surface area contributed by atoms with Crippen LogP contribution in [-0.2, 0) is 27.5 Å². The number of hydrogen-bond acceptors (Lipinski definition) is 5. The molecule has 0 unspecified atom stereocenters. The van der Waals surface area contributed by atoms with Crippen molar-refractivity contribution in [2.75, 3.05) is 14.2 Å². The Morgan fingerprint density at radius 3 is 2.45 bits per heavy atom. The summed E-state index contributed by atoms with van der Waals surface area (Å²) in [7, 11) is 2.90. The van der Waals surface area contributed by atoms with Crippen LogP contribution in [0.4, 0.5) is 0 Å². The fourth-order valence-corrected chi connectivity index (χ4v) is 3.04. The number of benzene rings is 2. The summed E-state index contributed by atoms with van der Waals surface area (Å²) in [5.74, 6) is -0.372. The molecule has 0 radical (unpaired) electrons. The van der Waals surface area contributed by atoms with Crippen molar-refractivity contribution in [3.05, 3.63) is 81.9 Å². The van der Waals surface area contributed by atoms with Gasteiger partial charge in [0.15, 0.2) is 5.71 Å². The highest BCUT2D eigenvalue weighted by atomic mass is 35.5. The first-order valence-corrected chi connectivity index (χ1v) is 9.43. The molecule has 2 aromatic carbocycles. The maximum Gasteiger partial charge on any atom is 0.273 e. The van der Waals surface area contributed by atoms with Crippen molar-refractivity contribution in [2.24, 2.45) is 10.3 Å². The number of carbonyl (C=O) groups excluding carboxylic acids is 1. The Labute approximate surface area is 179 Å². The highest BCUT2D eigenvalue weighted by molar-refractivity contribution is 6.45. The molecule has 2 aromatic rings. The molecule has 0 aliphatic heterocycles. The summed E-state index contributed by atoms with van der Waals surface area (Å²) in [6, 6.07) is 12.5. The van der Waals surface area contributed by atoms with Crippen molar-refractivity contribution < 1.29 is 14.5 Å². The Morgan fingerprint density at radius 1 is 1.14 bits per heavy atom. The number of allylic oxidation sites excluding steroid dienone is 1. The summed E-state index contributed by atoms with van der Waals surface area (Å²) in [6.07, 6.45) is 1.95. The molecule has 0 aliphatic rings. The topological polar surface area (TPSA) is 72.3 Å². The number of nitrogens with one attached hydrogen (secondary N) is 1. The zero-order valence-electron chi connectivity index (χ0n) is 16.1. The van der Waals surface area contributed by atoms with E-state index in [1.165, 1.54) is 14.2 Å². The molecule has 0 aliphatic carbocycles. The third-order valence-corrected chi connectivity index (χ3v) is 4.66. The normalized spacial score (nSPS) is 11.7. The zero-order valence-corrected chi connectivity index (χ0v) is 17.6. The predicted molar refractivity (Wildman–Crippen MR) is 117 cm³/mol. The fourth-order valence-electron chi connectivity index (χ4n) is 2.51. The third-order valence-electron chi connectivity index (χ3n) is 3.95. The van der Waals surface area contributed by atoms with E-state index < -0.39 is 0 Å². The van der Waals surface area contributed by atoms with Crippen LogP contribution in [0.25, 0.3) is 0 Å². The summed E-state index contributed by atoms with van der Waals surface area (Å²) in [5, 5.41) is 11.6. The molecule has 6 nitrogen and oxygen atoms in total. The Hall–Kier alpha value is -2.83. The smallest absolute Gasteiger partial charge is 0.273 e. The lowest BCUT2D eigenvalue weighted by molar-refractivity contribution is -0.114. The van der Waals surface area contributed by atoms with Crippen molar-refractivity contribution in [1.82, 2.24) is 5.32 Å². The molecule has 0 saturated carbocycles. The number of likely N-dealkylation sites (N-methyl/N-ethyl adjacent to an activating group) is 1. The molecule has 0 bridgehead atoms. The summed E-state index contributed by atoms with van der Waals surface area (Å²) < 4.78 is 0. The van der Waals surface area contributed by atoms with Crippen LogP contribution < -0.4 is 5.32 Å². The number of halogens is 2. The lowest BCUT2D eigenvalue weighted by Gasteiger charge is -2.11. The van der Waals surface area contributed by atoms with Gasteiger partial charge < -0.3 is 15.0 Å². The minimum Gasteiger partial charge on any atom is -0.398 e. The zero-order chi connectivity index (χ0) is 21.2. The molecular formula is C21H21Cl2N3O3. The quantitative estimate of drug-likeness (QED) is 0.470. The number of nitrogens with zero attached hydrogens (tertiary/aromatic N) is 2. The fraction of sp³-hybridized carbons (Fsp3) is 0.190. The van der Waals surface area contributed by atoms with Crippen LogP contribution in [0, 0.1) is 0 Å². The van der Waals surface area contributed by atoms with Gasteiger partial charge in [0.25, 0.3) is 5.91 Å². The molecule has 1 N–H and O–H groups in total. The first-order valence-electron chi connectivity index (χ1n) is 8.67. The summed E-state index contributed by atoms with van der Waals surface area (Å²) in [6.45, 7) is 3.88. The van der Waals surface area contributed by atoms with Crippen LogP contribution >= 0.6 is 23.2 Å². The van der Waals surface area contributed by atoms with Gasteiger partial charge in [-0.15, -0.1) is 0 Å². The second-order valence-corrected chi connectivity index (χ2v) is 6.61. The van der Waals surface area contributed by atoms with Gasteiger partial charge >= 0.3 is 0 Å². The van der Waals surface area contributed by atoms with E-state index in [1.54, 1.807) is 36.4 Å². The average Bonchev–Trinajstić information content (AvgIpc) is 2.73. The van der Waals surface area contributed by atoms with Gasteiger partial charge in [0.2, 0.25) is 0 Å². The van der Waals surface area contributed by atoms with Crippen molar-refractivity contribution in [3.8, 4) is 0 Å². The Morgan fingerprint density at radius 2 is 1.83 bits per heavy atom. The van der Waals surface area contributed by atoms with Crippen molar-refractivity contribution in [3.63, 3.8) is 0 Å². The van der Waals surface area contributed by atoms with Crippen LogP contribution in [0.1, 0.15) is 16.7 Å². The lowest BCUT2D eigenvalue weighted by atomic mass is 10.0. The third kappa shape index (κ3) is 6.07. The molecular weight excluding hydrogens is 413 g/mol. The van der Waals surface area contributed by atoms with Crippen LogP contribution in [-0.4, -0.2) is 31.5 Å². The number of carbonyl (C=O) groups is 1. The van der Waals surface area contributed by atoms with E-state index in [-0.39, 0.29) is 18.2 Å². The van der Waals surface area contributed by atoms with E-state index in [0.29, 0.717) is 27.7 Å². The van der Waals surface area contributed by atoms with E-state index in [1.807, 2.05) is 12.1 Å². The number of rotatable bonds is 9. The minimum absolute atomic E-state index is 0.115. The van der Waals surface area contributed by atoms with Crippen molar-refractivity contribution in [2.45, 2.75) is 13.0 Å². The molecule has 0 saturated heterocycles. The Kier molecular flexibility index (Phi) is 8.70. The SMILES string of the molecule is C=C/C(Cc1c(Cl)cccc1Cl)=N/OCc1ccccc1/C(=N\OC)C(=O)NC. The van der Waals surface area contributed by atoms with E-state index in [4.69, 9.17) is 32.9 Å². The number of amides is 1. The maximum absolute atomic E-state index is 12.1. The van der Waals surface area contributed by atoms with Crippen LogP contribution in [0.2, 0.25) is 10.0 Å². The predicted octanol–water partition coefficient (Wildman–Crippen LogP) is 4.39. The first-order chi connectivity index (χ1) is 14.0. The molecule has 8 heteroatoms. The van der Waals surface area contributed by atoms with E-state index >= 15 is 0 Å². The van der Waals surface area contributed by atoms with Gasteiger partial charge in [-0.1, -0.05) is 70.4 Å².